The Morgan fingerprint density at radius 3 is 2.73 bits per heavy atom. The van der Waals surface area contributed by atoms with Crippen LogP contribution in [0, 0.1) is 6.92 Å². The molecule has 0 aliphatic carbocycles. The molecule has 22 heavy (non-hydrogen) atoms. The van der Waals surface area contributed by atoms with Crippen molar-refractivity contribution in [3.63, 3.8) is 0 Å². The van der Waals surface area contributed by atoms with Crippen LogP contribution in [0.15, 0.2) is 12.3 Å². The van der Waals surface area contributed by atoms with E-state index in [1.165, 1.54) is 0 Å². The Morgan fingerprint density at radius 1 is 1.45 bits per heavy atom. The topological polar surface area (TPSA) is 85.8 Å². The molecule has 3 N–H and O–H groups in total. The number of hydrogen-bond donors (Lipinski definition) is 2. The van der Waals surface area contributed by atoms with Crippen LogP contribution in [0.5, 0.6) is 0 Å². The molecule has 0 radical (unpaired) electrons. The first kappa shape index (κ1) is 20.6. The van der Waals surface area contributed by atoms with E-state index in [4.69, 9.17) is 5.73 Å². The van der Waals surface area contributed by atoms with Gasteiger partial charge in [-0.1, -0.05) is 6.92 Å². The molecule has 0 fully saturated rings. The van der Waals surface area contributed by atoms with E-state index in [0.29, 0.717) is 18.7 Å². The summed E-state index contributed by atoms with van der Waals surface area (Å²) in [5.74, 6) is -0.130. The number of carbonyl (C=O) groups is 1. The van der Waals surface area contributed by atoms with Crippen molar-refractivity contribution in [1.29, 1.82) is 0 Å². The molecule has 2 heterocycles. The van der Waals surface area contributed by atoms with E-state index >= 15 is 0 Å². The minimum atomic E-state index is -0.130. The Balaban J connectivity index is 0.00000220. The van der Waals surface area contributed by atoms with Crippen molar-refractivity contribution in [2.75, 3.05) is 13.1 Å². The Hall–Kier alpha value is -1.37. The standard InChI is InChI=1S/C14H21N5O.2ClH/c1-4-10(3)19-13-12(8-17-19)11(7-9(2)18-13)14(20)16-6-5-15;;/h7-8,10H,4-6,15H2,1-3H3,(H,16,20);2*1H. The fraction of sp³-hybridized carbons (Fsp3) is 0.500. The van der Waals surface area contributed by atoms with E-state index in [2.05, 4.69) is 29.2 Å². The highest BCUT2D eigenvalue weighted by Crippen LogP contribution is 2.22. The van der Waals surface area contributed by atoms with Gasteiger partial charge in [-0.2, -0.15) is 5.10 Å². The van der Waals surface area contributed by atoms with Gasteiger partial charge >= 0.3 is 0 Å². The summed E-state index contributed by atoms with van der Waals surface area (Å²) in [5, 5.41) is 7.95. The number of carbonyl (C=O) groups excluding carboxylic acids is 1. The summed E-state index contributed by atoms with van der Waals surface area (Å²) in [7, 11) is 0. The lowest BCUT2D eigenvalue weighted by molar-refractivity contribution is 0.0956. The highest BCUT2D eigenvalue weighted by molar-refractivity contribution is 6.05. The number of pyridine rings is 1. The quantitative estimate of drug-likeness (QED) is 0.868. The van der Waals surface area contributed by atoms with Crippen LogP contribution in [0.4, 0.5) is 0 Å². The van der Waals surface area contributed by atoms with Crippen molar-refractivity contribution in [2.45, 2.75) is 33.2 Å². The average Bonchev–Trinajstić information content (AvgIpc) is 2.86. The summed E-state index contributed by atoms with van der Waals surface area (Å²) >= 11 is 0. The first-order chi connectivity index (χ1) is 9.58. The number of nitrogens with zero attached hydrogens (tertiary/aromatic N) is 3. The molecule has 1 amide bonds. The second-order valence-electron chi connectivity index (χ2n) is 4.94. The summed E-state index contributed by atoms with van der Waals surface area (Å²) in [6.45, 7) is 6.95. The lowest BCUT2D eigenvalue weighted by Gasteiger charge is -2.11. The van der Waals surface area contributed by atoms with Crippen LogP contribution in [-0.2, 0) is 0 Å². The molecule has 8 heteroatoms. The number of nitrogens with one attached hydrogen (secondary N) is 1. The number of fused-ring (bicyclic) bond motifs is 1. The fourth-order valence-corrected chi connectivity index (χ4v) is 2.11. The normalized spacial score (nSPS) is 11.5. The van der Waals surface area contributed by atoms with E-state index in [9.17, 15) is 4.79 Å². The van der Waals surface area contributed by atoms with Crippen LogP contribution in [0.2, 0.25) is 0 Å². The predicted molar refractivity (Wildman–Crippen MR) is 93.2 cm³/mol. The van der Waals surface area contributed by atoms with Gasteiger partial charge in [-0.15, -0.1) is 24.8 Å². The molecular formula is C14H23Cl2N5O. The van der Waals surface area contributed by atoms with Gasteiger partial charge in [-0.25, -0.2) is 9.67 Å². The monoisotopic (exact) mass is 347 g/mol. The summed E-state index contributed by atoms with van der Waals surface area (Å²) < 4.78 is 1.88. The van der Waals surface area contributed by atoms with Gasteiger partial charge in [0.1, 0.15) is 0 Å². The average molecular weight is 348 g/mol. The Morgan fingerprint density at radius 2 is 2.14 bits per heavy atom. The lowest BCUT2D eigenvalue weighted by Crippen LogP contribution is -2.29. The van der Waals surface area contributed by atoms with Crippen LogP contribution in [0.1, 0.15) is 42.4 Å². The smallest absolute Gasteiger partial charge is 0.252 e. The van der Waals surface area contributed by atoms with Gasteiger partial charge in [0.05, 0.1) is 23.2 Å². The van der Waals surface area contributed by atoms with Crippen molar-refractivity contribution >= 4 is 41.8 Å². The third-order valence-corrected chi connectivity index (χ3v) is 3.38. The van der Waals surface area contributed by atoms with E-state index in [1.807, 2.05) is 11.6 Å². The molecule has 0 bridgehead atoms. The van der Waals surface area contributed by atoms with Gasteiger partial charge in [0, 0.05) is 18.8 Å². The molecule has 6 nitrogen and oxygen atoms in total. The van der Waals surface area contributed by atoms with Gasteiger partial charge < -0.3 is 11.1 Å². The summed E-state index contributed by atoms with van der Waals surface area (Å²) in [6, 6.07) is 2.04. The zero-order valence-corrected chi connectivity index (χ0v) is 14.6. The second kappa shape index (κ2) is 8.92. The second-order valence-corrected chi connectivity index (χ2v) is 4.94. The van der Waals surface area contributed by atoms with Crippen LogP contribution >= 0.6 is 24.8 Å². The van der Waals surface area contributed by atoms with Crippen LogP contribution in [0.3, 0.4) is 0 Å². The van der Waals surface area contributed by atoms with Crippen LogP contribution in [0.25, 0.3) is 11.0 Å². The summed E-state index contributed by atoms with van der Waals surface area (Å²) in [5.41, 5.74) is 7.59. The Labute approximate surface area is 142 Å². The summed E-state index contributed by atoms with van der Waals surface area (Å²) in [4.78, 5) is 16.7. The molecule has 2 aromatic rings. The molecule has 0 saturated carbocycles. The molecular weight excluding hydrogens is 325 g/mol. The van der Waals surface area contributed by atoms with Crippen molar-refractivity contribution in [3.8, 4) is 0 Å². The zero-order chi connectivity index (χ0) is 14.7. The first-order valence-corrected chi connectivity index (χ1v) is 6.91. The van der Waals surface area contributed by atoms with E-state index < -0.39 is 0 Å². The predicted octanol–water partition coefficient (Wildman–Crippen LogP) is 2.24. The van der Waals surface area contributed by atoms with Gasteiger partial charge in [-0.05, 0) is 26.3 Å². The van der Waals surface area contributed by atoms with E-state index in [0.717, 1.165) is 23.1 Å². The largest absolute Gasteiger partial charge is 0.351 e. The number of aromatic nitrogens is 3. The maximum absolute atomic E-state index is 12.2. The number of hydrogen-bond acceptors (Lipinski definition) is 4. The molecule has 0 spiro atoms. The maximum atomic E-state index is 12.2. The molecule has 0 aliphatic rings. The molecule has 0 saturated heterocycles. The Bertz CT molecular complexity index is 629. The van der Waals surface area contributed by atoms with Gasteiger partial charge in [0.15, 0.2) is 5.65 Å². The highest BCUT2D eigenvalue weighted by Gasteiger charge is 2.17. The van der Waals surface area contributed by atoms with Gasteiger partial charge in [0.2, 0.25) is 0 Å². The van der Waals surface area contributed by atoms with Crippen LogP contribution < -0.4 is 11.1 Å². The third kappa shape index (κ3) is 4.09. The van der Waals surface area contributed by atoms with Crippen molar-refractivity contribution in [2.24, 2.45) is 5.73 Å². The molecule has 0 aliphatic heterocycles. The fourth-order valence-electron chi connectivity index (χ4n) is 2.11. The molecule has 1 unspecified atom stereocenters. The first-order valence-electron chi connectivity index (χ1n) is 6.91. The van der Waals surface area contributed by atoms with Crippen molar-refractivity contribution in [3.05, 3.63) is 23.5 Å². The van der Waals surface area contributed by atoms with Gasteiger partial charge in [-0.3, -0.25) is 4.79 Å². The molecule has 1 atom stereocenters. The molecule has 124 valence electrons. The third-order valence-electron chi connectivity index (χ3n) is 3.38. The minimum absolute atomic E-state index is 0. The number of halogens is 2. The Kier molecular flexibility index (Phi) is 8.37. The number of amides is 1. The van der Waals surface area contributed by atoms with Crippen LogP contribution in [-0.4, -0.2) is 33.8 Å². The lowest BCUT2D eigenvalue weighted by atomic mass is 10.1. The molecule has 2 rings (SSSR count). The van der Waals surface area contributed by atoms with E-state index in [1.54, 1.807) is 12.3 Å². The SMILES string of the molecule is CCC(C)n1ncc2c(C(=O)NCCN)cc(C)nc21.Cl.Cl. The number of nitrogens with two attached hydrogens (primary N) is 1. The minimum Gasteiger partial charge on any atom is -0.351 e. The van der Waals surface area contributed by atoms with Gasteiger partial charge in [0.25, 0.3) is 5.91 Å². The highest BCUT2D eigenvalue weighted by atomic mass is 35.5. The maximum Gasteiger partial charge on any atom is 0.252 e. The molecule has 0 aromatic carbocycles. The number of aryl methyl sites for hydroxylation is 1. The van der Waals surface area contributed by atoms with Crippen molar-refractivity contribution < 1.29 is 4.79 Å². The van der Waals surface area contributed by atoms with E-state index in [-0.39, 0.29) is 36.8 Å². The molecule has 2 aromatic heterocycles. The summed E-state index contributed by atoms with van der Waals surface area (Å²) in [6.07, 6.45) is 2.67. The zero-order valence-electron chi connectivity index (χ0n) is 13.0. The van der Waals surface area contributed by atoms with Crippen molar-refractivity contribution in [1.82, 2.24) is 20.1 Å². The number of rotatable bonds is 5.